The van der Waals surface area contributed by atoms with Gasteiger partial charge in [0.25, 0.3) is 0 Å². The van der Waals surface area contributed by atoms with Crippen molar-refractivity contribution in [3.8, 4) is 11.1 Å². The molecule has 0 aliphatic rings. The van der Waals surface area contributed by atoms with Crippen molar-refractivity contribution < 1.29 is 14.7 Å². The number of rotatable bonds is 5. The quantitative estimate of drug-likeness (QED) is 0.334. The lowest BCUT2D eigenvalue weighted by molar-refractivity contribution is 0.0691. The van der Waals surface area contributed by atoms with Gasteiger partial charge >= 0.3 is 5.97 Å². The van der Waals surface area contributed by atoms with Gasteiger partial charge in [0, 0.05) is 27.8 Å². The van der Waals surface area contributed by atoms with Crippen LogP contribution < -0.4 is 5.73 Å². The van der Waals surface area contributed by atoms with Gasteiger partial charge in [0.15, 0.2) is 5.78 Å². The van der Waals surface area contributed by atoms with Crippen LogP contribution in [0.5, 0.6) is 0 Å². The summed E-state index contributed by atoms with van der Waals surface area (Å²) in [4.78, 5) is 24.7. The summed E-state index contributed by atoms with van der Waals surface area (Å²) in [6.07, 6.45) is 1.82. The molecule has 5 nitrogen and oxygen atoms in total. The average Bonchev–Trinajstić information content (AvgIpc) is 3.14. The number of ketones is 1. The van der Waals surface area contributed by atoms with Crippen LogP contribution in [0.4, 0.5) is 5.69 Å². The van der Waals surface area contributed by atoms with Crippen molar-refractivity contribution in [2.24, 2.45) is 0 Å². The first-order valence-corrected chi connectivity index (χ1v) is 9.74. The zero-order valence-electron chi connectivity index (χ0n) is 16.2. The Labute approximate surface area is 178 Å². The molecule has 0 atom stereocenters. The second-order valence-electron chi connectivity index (χ2n) is 7.13. The Kier molecular flexibility index (Phi) is 5.06. The number of Topliss-reactive ketones (excluding diaryl/α,β-unsaturated/α-hetero) is 1. The molecular formula is C24H19ClN2O3. The van der Waals surface area contributed by atoms with Gasteiger partial charge in [-0.25, -0.2) is 4.79 Å². The van der Waals surface area contributed by atoms with Gasteiger partial charge in [0.1, 0.15) is 0 Å². The zero-order chi connectivity index (χ0) is 21.4. The van der Waals surface area contributed by atoms with E-state index in [2.05, 4.69) is 6.07 Å². The Balaban J connectivity index is 1.71. The molecule has 3 aromatic carbocycles. The first-order chi connectivity index (χ1) is 14.4. The van der Waals surface area contributed by atoms with E-state index in [4.69, 9.17) is 17.3 Å². The molecule has 0 unspecified atom stereocenters. The van der Waals surface area contributed by atoms with E-state index in [1.165, 1.54) is 6.07 Å². The highest BCUT2D eigenvalue weighted by Gasteiger charge is 2.23. The molecule has 6 heteroatoms. The molecule has 30 heavy (non-hydrogen) atoms. The molecule has 0 aliphatic carbocycles. The number of fused-ring (bicyclic) bond motifs is 1. The topological polar surface area (TPSA) is 85.3 Å². The largest absolute Gasteiger partial charge is 0.478 e. The van der Waals surface area contributed by atoms with Gasteiger partial charge in [-0.3, -0.25) is 4.79 Å². The van der Waals surface area contributed by atoms with Crippen molar-refractivity contribution in [1.29, 1.82) is 0 Å². The van der Waals surface area contributed by atoms with Gasteiger partial charge in [-0.1, -0.05) is 48.0 Å². The van der Waals surface area contributed by atoms with E-state index in [1.54, 1.807) is 11.5 Å². The molecule has 0 bridgehead atoms. The monoisotopic (exact) mass is 418 g/mol. The van der Waals surface area contributed by atoms with Crippen LogP contribution in [0.15, 0.2) is 66.9 Å². The third-order valence-electron chi connectivity index (χ3n) is 5.27. The molecule has 150 valence electrons. The summed E-state index contributed by atoms with van der Waals surface area (Å²) < 4.78 is 1.79. The van der Waals surface area contributed by atoms with E-state index in [0.29, 0.717) is 5.56 Å². The number of carboxylic acid groups (broad SMARTS) is 1. The fourth-order valence-electron chi connectivity index (χ4n) is 3.62. The van der Waals surface area contributed by atoms with E-state index in [9.17, 15) is 14.7 Å². The van der Waals surface area contributed by atoms with Crippen molar-refractivity contribution in [3.05, 3.63) is 88.6 Å². The van der Waals surface area contributed by atoms with Crippen molar-refractivity contribution in [3.63, 3.8) is 0 Å². The molecule has 4 rings (SSSR count). The number of hydrogen-bond donors (Lipinski definition) is 2. The highest BCUT2D eigenvalue weighted by Crippen LogP contribution is 2.30. The van der Waals surface area contributed by atoms with Crippen molar-refractivity contribution in [1.82, 2.24) is 4.57 Å². The highest BCUT2D eigenvalue weighted by atomic mass is 35.5. The summed E-state index contributed by atoms with van der Waals surface area (Å²) >= 11 is 6.07. The lowest BCUT2D eigenvalue weighted by Gasteiger charge is -2.14. The van der Waals surface area contributed by atoms with Crippen LogP contribution in [0.2, 0.25) is 5.02 Å². The molecule has 0 aliphatic heterocycles. The minimum absolute atomic E-state index is 0.00726. The molecule has 0 radical (unpaired) electrons. The Morgan fingerprint density at radius 1 is 1.03 bits per heavy atom. The Morgan fingerprint density at radius 3 is 2.47 bits per heavy atom. The van der Waals surface area contributed by atoms with Gasteiger partial charge in [-0.05, 0) is 47.9 Å². The van der Waals surface area contributed by atoms with Gasteiger partial charge < -0.3 is 15.4 Å². The van der Waals surface area contributed by atoms with E-state index < -0.39 is 5.97 Å². The first-order valence-electron chi connectivity index (χ1n) is 9.36. The van der Waals surface area contributed by atoms with E-state index in [1.807, 2.05) is 54.7 Å². The SMILES string of the molecule is Cc1c(Cl)cc(C(=O)O)c(C(=O)Cn2ccc3cc(-c4ccccc4)ccc32)c1N. The van der Waals surface area contributed by atoms with Crippen LogP contribution in [-0.2, 0) is 6.54 Å². The minimum atomic E-state index is -1.24. The minimum Gasteiger partial charge on any atom is -0.478 e. The lowest BCUT2D eigenvalue weighted by atomic mass is 9.97. The van der Waals surface area contributed by atoms with Gasteiger partial charge in [0.05, 0.1) is 17.7 Å². The molecule has 0 saturated carbocycles. The molecular weight excluding hydrogens is 400 g/mol. The fraction of sp³-hybridized carbons (Fsp3) is 0.0833. The van der Waals surface area contributed by atoms with Gasteiger partial charge in [0.2, 0.25) is 0 Å². The molecule has 1 aromatic heterocycles. The van der Waals surface area contributed by atoms with Gasteiger partial charge in [-0.15, -0.1) is 0 Å². The Morgan fingerprint density at radius 2 is 1.77 bits per heavy atom. The summed E-state index contributed by atoms with van der Waals surface area (Å²) in [6, 6.07) is 19.3. The number of halogens is 1. The fourth-order valence-corrected chi connectivity index (χ4v) is 3.83. The smallest absolute Gasteiger partial charge is 0.336 e. The van der Waals surface area contributed by atoms with Crippen LogP contribution in [-0.4, -0.2) is 21.4 Å². The number of benzene rings is 3. The normalized spacial score (nSPS) is 11.0. The maximum atomic E-state index is 13.0. The second-order valence-corrected chi connectivity index (χ2v) is 7.54. The van der Waals surface area contributed by atoms with E-state index in [-0.39, 0.29) is 34.2 Å². The highest BCUT2D eigenvalue weighted by molar-refractivity contribution is 6.32. The zero-order valence-corrected chi connectivity index (χ0v) is 17.0. The summed E-state index contributed by atoms with van der Waals surface area (Å²) in [6.45, 7) is 1.63. The number of carboxylic acids is 1. The second kappa shape index (κ2) is 7.69. The number of nitrogens with zero attached hydrogens (tertiary/aromatic N) is 1. The van der Waals surface area contributed by atoms with Crippen molar-refractivity contribution in [2.75, 3.05) is 5.73 Å². The van der Waals surface area contributed by atoms with Crippen LogP contribution in [0.1, 0.15) is 26.3 Å². The molecule has 0 spiro atoms. The lowest BCUT2D eigenvalue weighted by Crippen LogP contribution is -2.17. The van der Waals surface area contributed by atoms with Crippen LogP contribution in [0, 0.1) is 6.92 Å². The third-order valence-corrected chi connectivity index (χ3v) is 5.67. The number of hydrogen-bond acceptors (Lipinski definition) is 3. The first kappa shape index (κ1) is 19.7. The van der Waals surface area contributed by atoms with Crippen LogP contribution >= 0.6 is 11.6 Å². The number of carbonyl (C=O) groups excluding carboxylic acids is 1. The average molecular weight is 419 g/mol. The Bertz CT molecular complexity index is 1290. The number of nitrogen functional groups attached to an aromatic ring is 1. The molecule has 0 fully saturated rings. The Hall–Kier alpha value is -3.57. The van der Waals surface area contributed by atoms with E-state index in [0.717, 1.165) is 22.0 Å². The van der Waals surface area contributed by atoms with E-state index >= 15 is 0 Å². The summed E-state index contributed by atoms with van der Waals surface area (Å²) in [5.41, 5.74) is 9.55. The van der Waals surface area contributed by atoms with Crippen molar-refractivity contribution >= 4 is 39.9 Å². The third kappa shape index (κ3) is 3.44. The predicted octanol–water partition coefficient (Wildman–Crippen LogP) is 5.43. The molecule has 0 saturated heterocycles. The maximum absolute atomic E-state index is 13.0. The summed E-state index contributed by atoms with van der Waals surface area (Å²) in [7, 11) is 0. The number of aromatic carboxylic acids is 1. The van der Waals surface area contributed by atoms with Crippen LogP contribution in [0.3, 0.4) is 0 Å². The number of nitrogens with two attached hydrogens (primary N) is 1. The summed E-state index contributed by atoms with van der Waals surface area (Å²) in [5.74, 6) is -1.62. The molecule has 3 N–H and O–H groups in total. The number of aromatic nitrogens is 1. The standard InChI is InChI=1S/C24H19ClN2O3/c1-14-19(25)12-18(24(29)30)22(23(14)26)21(28)13-27-10-9-17-11-16(7-8-20(17)27)15-5-3-2-4-6-15/h2-12H,13,26H2,1H3,(H,29,30). The van der Waals surface area contributed by atoms with Crippen LogP contribution in [0.25, 0.3) is 22.0 Å². The molecule has 0 amide bonds. The predicted molar refractivity (Wildman–Crippen MR) is 119 cm³/mol. The molecule has 4 aromatic rings. The number of anilines is 1. The van der Waals surface area contributed by atoms with Gasteiger partial charge in [-0.2, -0.15) is 0 Å². The maximum Gasteiger partial charge on any atom is 0.336 e. The number of carbonyl (C=O) groups is 2. The summed E-state index contributed by atoms with van der Waals surface area (Å²) in [5, 5.41) is 10.7. The molecule has 1 heterocycles. The van der Waals surface area contributed by atoms with Crippen molar-refractivity contribution in [2.45, 2.75) is 13.5 Å².